The van der Waals surface area contributed by atoms with Crippen LogP contribution < -0.4 is 10.6 Å². The zero-order valence-electron chi connectivity index (χ0n) is 11.7. The highest BCUT2D eigenvalue weighted by Crippen LogP contribution is 2.25. The van der Waals surface area contributed by atoms with E-state index in [9.17, 15) is 14.9 Å². The van der Waals surface area contributed by atoms with Gasteiger partial charge in [0, 0.05) is 31.3 Å². The molecule has 1 amide bonds. The van der Waals surface area contributed by atoms with Crippen molar-refractivity contribution >= 4 is 23.1 Å². The van der Waals surface area contributed by atoms with Gasteiger partial charge in [0.2, 0.25) is 0 Å². The molecule has 0 radical (unpaired) electrons. The largest absolute Gasteiger partial charge is 0.380 e. The second kappa shape index (κ2) is 6.04. The van der Waals surface area contributed by atoms with Crippen LogP contribution in [0.25, 0.3) is 0 Å². The Hall–Kier alpha value is -2.90. The van der Waals surface area contributed by atoms with Crippen molar-refractivity contribution < 1.29 is 9.72 Å². The van der Waals surface area contributed by atoms with E-state index in [0.717, 1.165) is 0 Å². The number of nitro benzene ring substituents is 1. The van der Waals surface area contributed by atoms with Crippen molar-refractivity contribution in [1.29, 1.82) is 0 Å². The van der Waals surface area contributed by atoms with Gasteiger partial charge in [-0.25, -0.2) is 0 Å². The maximum Gasteiger partial charge on any atom is 0.293 e. The van der Waals surface area contributed by atoms with Crippen molar-refractivity contribution in [3.63, 3.8) is 0 Å². The topological polar surface area (TPSA) is 102 Å². The van der Waals surface area contributed by atoms with E-state index in [0.29, 0.717) is 18.1 Å². The number of amides is 1. The highest BCUT2D eigenvalue weighted by atomic mass is 16.6. The van der Waals surface area contributed by atoms with Gasteiger partial charge in [0.25, 0.3) is 11.6 Å². The zero-order chi connectivity index (χ0) is 15.4. The summed E-state index contributed by atoms with van der Waals surface area (Å²) in [4.78, 5) is 22.7. The Kier molecular flexibility index (Phi) is 4.17. The molecule has 8 nitrogen and oxygen atoms in total. The minimum absolute atomic E-state index is 0.130. The van der Waals surface area contributed by atoms with Gasteiger partial charge in [-0.3, -0.25) is 19.6 Å². The van der Waals surface area contributed by atoms with Crippen LogP contribution in [0.5, 0.6) is 0 Å². The summed E-state index contributed by atoms with van der Waals surface area (Å²) >= 11 is 0. The van der Waals surface area contributed by atoms with E-state index in [1.807, 2.05) is 6.92 Å². The number of aromatic nitrogens is 2. The molecular formula is C13H15N5O3. The summed E-state index contributed by atoms with van der Waals surface area (Å²) in [5.41, 5.74) is 0.471. The first-order chi connectivity index (χ1) is 10.0. The molecule has 1 aromatic carbocycles. The Labute approximate surface area is 120 Å². The Morgan fingerprint density at radius 3 is 2.76 bits per heavy atom. The lowest BCUT2D eigenvalue weighted by atomic mass is 10.1. The van der Waals surface area contributed by atoms with Gasteiger partial charge in [-0.15, -0.1) is 0 Å². The lowest BCUT2D eigenvalue weighted by Crippen LogP contribution is -2.15. The van der Waals surface area contributed by atoms with Gasteiger partial charge >= 0.3 is 0 Å². The van der Waals surface area contributed by atoms with Crippen LogP contribution in [-0.2, 0) is 7.05 Å². The quantitative estimate of drug-likeness (QED) is 0.647. The number of aryl methyl sites for hydroxylation is 1. The van der Waals surface area contributed by atoms with E-state index in [4.69, 9.17) is 0 Å². The number of benzene rings is 1. The highest BCUT2D eigenvalue weighted by molar-refractivity contribution is 6.04. The fourth-order valence-corrected chi connectivity index (χ4v) is 1.85. The molecule has 0 bridgehead atoms. The van der Waals surface area contributed by atoms with Gasteiger partial charge in [0.1, 0.15) is 11.5 Å². The van der Waals surface area contributed by atoms with Crippen LogP contribution >= 0.6 is 0 Å². The summed E-state index contributed by atoms with van der Waals surface area (Å²) in [5, 5.41) is 20.5. The van der Waals surface area contributed by atoms with Crippen LogP contribution in [-0.4, -0.2) is 27.2 Å². The number of rotatable bonds is 5. The van der Waals surface area contributed by atoms with Gasteiger partial charge in [0.15, 0.2) is 0 Å². The third kappa shape index (κ3) is 3.16. The third-order valence-corrected chi connectivity index (χ3v) is 2.89. The molecule has 1 heterocycles. The molecule has 0 saturated carbocycles. The van der Waals surface area contributed by atoms with Crippen LogP contribution in [0.15, 0.2) is 30.5 Å². The third-order valence-electron chi connectivity index (χ3n) is 2.89. The standard InChI is InChI=1S/C13H15N5O3/c1-3-14-10-5-4-9(8-11(10)18(20)21)13(19)16-12-6-7-15-17(12)2/h4-8,14H,3H2,1-2H3,(H,16,19). The van der Waals surface area contributed by atoms with Gasteiger partial charge in [-0.2, -0.15) is 5.10 Å². The maximum absolute atomic E-state index is 12.1. The second-order valence-corrected chi connectivity index (χ2v) is 4.31. The van der Waals surface area contributed by atoms with Crippen LogP contribution in [0.2, 0.25) is 0 Å². The molecule has 2 rings (SSSR count). The fraction of sp³-hybridized carbons (Fsp3) is 0.231. The summed E-state index contributed by atoms with van der Waals surface area (Å²) in [6.07, 6.45) is 1.55. The van der Waals surface area contributed by atoms with E-state index in [2.05, 4.69) is 15.7 Å². The van der Waals surface area contributed by atoms with Crippen LogP contribution in [0.1, 0.15) is 17.3 Å². The molecule has 8 heteroatoms. The Bertz CT molecular complexity index is 680. The normalized spacial score (nSPS) is 10.2. The summed E-state index contributed by atoms with van der Waals surface area (Å²) in [6.45, 7) is 2.40. The maximum atomic E-state index is 12.1. The van der Waals surface area contributed by atoms with E-state index in [-0.39, 0.29) is 11.3 Å². The zero-order valence-corrected chi connectivity index (χ0v) is 11.7. The minimum atomic E-state index is -0.515. The fourth-order valence-electron chi connectivity index (χ4n) is 1.85. The first-order valence-electron chi connectivity index (χ1n) is 6.34. The molecule has 0 spiro atoms. The highest BCUT2D eigenvalue weighted by Gasteiger charge is 2.17. The van der Waals surface area contributed by atoms with Crippen molar-refractivity contribution in [2.75, 3.05) is 17.2 Å². The SMILES string of the molecule is CCNc1ccc(C(=O)Nc2ccnn2C)cc1[N+](=O)[O-]. The molecule has 0 fully saturated rings. The molecule has 1 aromatic heterocycles. The average Bonchev–Trinajstić information content (AvgIpc) is 2.84. The molecule has 0 saturated heterocycles. The number of anilines is 2. The van der Waals surface area contributed by atoms with Gasteiger partial charge in [-0.05, 0) is 19.1 Å². The van der Waals surface area contributed by atoms with Gasteiger partial charge < -0.3 is 10.6 Å². The van der Waals surface area contributed by atoms with Crippen molar-refractivity contribution in [3.8, 4) is 0 Å². The first-order valence-corrected chi connectivity index (χ1v) is 6.34. The monoisotopic (exact) mass is 289 g/mol. The molecule has 2 N–H and O–H groups in total. The number of carbonyl (C=O) groups is 1. The molecule has 0 unspecified atom stereocenters. The number of nitro groups is 1. The van der Waals surface area contributed by atoms with Crippen molar-refractivity contribution in [1.82, 2.24) is 9.78 Å². The summed E-state index contributed by atoms with van der Waals surface area (Å²) in [6, 6.07) is 5.96. The van der Waals surface area contributed by atoms with Crippen molar-refractivity contribution in [2.45, 2.75) is 6.92 Å². The van der Waals surface area contributed by atoms with Crippen molar-refractivity contribution in [3.05, 3.63) is 46.1 Å². The number of carbonyl (C=O) groups excluding carboxylic acids is 1. The first kappa shape index (κ1) is 14.5. The van der Waals surface area contributed by atoms with Gasteiger partial charge in [-0.1, -0.05) is 0 Å². The van der Waals surface area contributed by atoms with E-state index in [1.165, 1.54) is 22.9 Å². The Balaban J connectivity index is 2.27. The van der Waals surface area contributed by atoms with Crippen LogP contribution in [0.3, 0.4) is 0 Å². The average molecular weight is 289 g/mol. The molecule has 0 atom stereocenters. The van der Waals surface area contributed by atoms with Crippen LogP contribution in [0.4, 0.5) is 17.2 Å². The summed E-state index contributed by atoms with van der Waals surface area (Å²) < 4.78 is 1.50. The predicted octanol–water partition coefficient (Wildman–Crippen LogP) is 2.01. The smallest absolute Gasteiger partial charge is 0.293 e. The van der Waals surface area contributed by atoms with E-state index in [1.54, 1.807) is 19.3 Å². The Morgan fingerprint density at radius 1 is 1.43 bits per heavy atom. The molecule has 0 aliphatic rings. The number of hydrogen-bond donors (Lipinski definition) is 2. The lowest BCUT2D eigenvalue weighted by Gasteiger charge is -2.08. The summed E-state index contributed by atoms with van der Waals surface area (Å²) in [5.74, 6) is 0.0863. The number of nitrogens with zero attached hydrogens (tertiary/aromatic N) is 3. The van der Waals surface area contributed by atoms with Gasteiger partial charge in [0.05, 0.1) is 11.1 Å². The van der Waals surface area contributed by atoms with E-state index >= 15 is 0 Å². The minimum Gasteiger partial charge on any atom is -0.380 e. The van der Waals surface area contributed by atoms with Crippen molar-refractivity contribution in [2.24, 2.45) is 7.05 Å². The molecule has 21 heavy (non-hydrogen) atoms. The predicted molar refractivity (Wildman–Crippen MR) is 78.4 cm³/mol. The van der Waals surface area contributed by atoms with E-state index < -0.39 is 10.8 Å². The second-order valence-electron chi connectivity index (χ2n) is 4.31. The molecule has 110 valence electrons. The Morgan fingerprint density at radius 2 is 2.19 bits per heavy atom. The number of hydrogen-bond acceptors (Lipinski definition) is 5. The van der Waals surface area contributed by atoms with Crippen LogP contribution in [0, 0.1) is 10.1 Å². The molecular weight excluding hydrogens is 274 g/mol. The summed E-state index contributed by atoms with van der Waals surface area (Å²) in [7, 11) is 1.69. The number of nitrogens with one attached hydrogen (secondary N) is 2. The molecule has 0 aliphatic heterocycles. The molecule has 0 aliphatic carbocycles. The molecule has 2 aromatic rings. The lowest BCUT2D eigenvalue weighted by molar-refractivity contribution is -0.384.